The highest BCUT2D eigenvalue weighted by atomic mass is 15.3. The Balaban J connectivity index is 1.58. The van der Waals surface area contributed by atoms with Gasteiger partial charge in [-0.2, -0.15) is 10.2 Å². The summed E-state index contributed by atoms with van der Waals surface area (Å²) in [6.45, 7) is 3.81. The predicted octanol–water partition coefficient (Wildman–Crippen LogP) is 2.33. The normalized spacial score (nSPS) is 16.1. The van der Waals surface area contributed by atoms with Crippen molar-refractivity contribution in [1.29, 1.82) is 0 Å². The van der Waals surface area contributed by atoms with Crippen LogP contribution in [0.1, 0.15) is 48.7 Å². The van der Waals surface area contributed by atoms with Crippen LogP contribution in [0.3, 0.4) is 0 Å². The van der Waals surface area contributed by atoms with Gasteiger partial charge < -0.3 is 5.32 Å². The fourth-order valence-electron chi connectivity index (χ4n) is 2.95. The molecule has 1 fully saturated rings. The summed E-state index contributed by atoms with van der Waals surface area (Å²) in [6, 6.07) is 2.67. The second-order valence-electron chi connectivity index (χ2n) is 5.71. The van der Waals surface area contributed by atoms with Crippen LogP contribution in [0, 0.1) is 6.92 Å². The minimum Gasteiger partial charge on any atom is -0.307 e. The van der Waals surface area contributed by atoms with Gasteiger partial charge in [0.25, 0.3) is 0 Å². The topological polar surface area (TPSA) is 47.7 Å². The molecule has 20 heavy (non-hydrogen) atoms. The molecule has 2 heterocycles. The van der Waals surface area contributed by atoms with E-state index in [2.05, 4.69) is 33.3 Å². The van der Waals surface area contributed by atoms with Crippen molar-refractivity contribution in [3.8, 4) is 0 Å². The Morgan fingerprint density at radius 3 is 2.80 bits per heavy atom. The Labute approximate surface area is 120 Å². The molecule has 0 aromatic carbocycles. The van der Waals surface area contributed by atoms with Crippen molar-refractivity contribution in [2.24, 2.45) is 7.05 Å². The number of aromatic nitrogens is 4. The lowest BCUT2D eigenvalue weighted by Crippen LogP contribution is -2.15. The molecular formula is C15H23N5. The first-order chi connectivity index (χ1) is 9.74. The van der Waals surface area contributed by atoms with Crippen LogP contribution in [0.4, 0.5) is 0 Å². The molecule has 5 heteroatoms. The van der Waals surface area contributed by atoms with Crippen LogP contribution in [0.15, 0.2) is 18.5 Å². The lowest BCUT2D eigenvalue weighted by molar-refractivity contribution is 0.464. The number of rotatable bonds is 5. The van der Waals surface area contributed by atoms with Crippen molar-refractivity contribution in [3.63, 3.8) is 0 Å². The molecule has 0 atom stereocenters. The molecule has 1 N–H and O–H groups in total. The van der Waals surface area contributed by atoms with Gasteiger partial charge in [-0.25, -0.2) is 0 Å². The first-order valence-corrected chi connectivity index (χ1v) is 7.46. The molecule has 1 saturated carbocycles. The Kier molecular flexibility index (Phi) is 3.87. The van der Waals surface area contributed by atoms with Crippen molar-refractivity contribution in [2.75, 3.05) is 0 Å². The number of hydrogen-bond donors (Lipinski definition) is 1. The van der Waals surface area contributed by atoms with E-state index in [1.54, 1.807) is 0 Å². The molecule has 5 nitrogen and oxygen atoms in total. The minimum atomic E-state index is 0.625. The van der Waals surface area contributed by atoms with Gasteiger partial charge in [-0.05, 0) is 25.8 Å². The maximum Gasteiger partial charge on any atom is 0.0638 e. The van der Waals surface area contributed by atoms with E-state index in [1.165, 1.54) is 36.9 Å². The fraction of sp³-hybridized carbons (Fsp3) is 0.600. The molecule has 2 aromatic heterocycles. The maximum atomic E-state index is 4.68. The predicted molar refractivity (Wildman–Crippen MR) is 78.2 cm³/mol. The zero-order chi connectivity index (χ0) is 13.9. The summed E-state index contributed by atoms with van der Waals surface area (Å²) < 4.78 is 4.09. The average molecular weight is 273 g/mol. The van der Waals surface area contributed by atoms with Gasteiger partial charge in [0.15, 0.2) is 0 Å². The highest BCUT2D eigenvalue weighted by molar-refractivity contribution is 5.16. The summed E-state index contributed by atoms with van der Waals surface area (Å²) in [6.07, 6.45) is 9.31. The maximum absolute atomic E-state index is 4.68. The van der Waals surface area contributed by atoms with Crippen LogP contribution in [0.2, 0.25) is 0 Å². The summed E-state index contributed by atoms with van der Waals surface area (Å²) >= 11 is 0. The van der Waals surface area contributed by atoms with Gasteiger partial charge in [0.1, 0.15) is 0 Å². The molecule has 0 spiro atoms. The van der Waals surface area contributed by atoms with Gasteiger partial charge in [0, 0.05) is 38.1 Å². The summed E-state index contributed by atoms with van der Waals surface area (Å²) in [4.78, 5) is 0. The summed E-state index contributed by atoms with van der Waals surface area (Å²) in [5.74, 6) is 0. The largest absolute Gasteiger partial charge is 0.307 e. The van der Waals surface area contributed by atoms with E-state index in [4.69, 9.17) is 0 Å². The van der Waals surface area contributed by atoms with Crippen molar-refractivity contribution in [1.82, 2.24) is 24.9 Å². The van der Waals surface area contributed by atoms with Crippen molar-refractivity contribution in [3.05, 3.63) is 35.4 Å². The van der Waals surface area contributed by atoms with Gasteiger partial charge in [0.05, 0.1) is 17.4 Å². The first kappa shape index (κ1) is 13.4. The monoisotopic (exact) mass is 273 g/mol. The second-order valence-corrected chi connectivity index (χ2v) is 5.71. The van der Waals surface area contributed by atoms with E-state index in [9.17, 15) is 0 Å². The van der Waals surface area contributed by atoms with Crippen LogP contribution in [-0.4, -0.2) is 19.6 Å². The van der Waals surface area contributed by atoms with Gasteiger partial charge in [-0.15, -0.1) is 0 Å². The molecule has 3 rings (SSSR count). The Morgan fingerprint density at radius 2 is 2.10 bits per heavy atom. The fourth-order valence-corrected chi connectivity index (χ4v) is 2.95. The van der Waals surface area contributed by atoms with E-state index in [0.717, 1.165) is 18.8 Å². The molecule has 0 radical (unpaired) electrons. The van der Waals surface area contributed by atoms with Gasteiger partial charge in [-0.1, -0.05) is 12.8 Å². The first-order valence-electron chi connectivity index (χ1n) is 7.46. The third-order valence-corrected chi connectivity index (χ3v) is 4.26. The molecular weight excluding hydrogens is 250 g/mol. The number of hydrogen-bond acceptors (Lipinski definition) is 3. The van der Waals surface area contributed by atoms with Crippen molar-refractivity contribution < 1.29 is 0 Å². The van der Waals surface area contributed by atoms with E-state index in [1.807, 2.05) is 24.0 Å². The molecule has 0 unspecified atom stereocenters. The van der Waals surface area contributed by atoms with Crippen molar-refractivity contribution >= 4 is 0 Å². The molecule has 0 aliphatic heterocycles. The van der Waals surface area contributed by atoms with Crippen LogP contribution < -0.4 is 5.32 Å². The van der Waals surface area contributed by atoms with E-state index < -0.39 is 0 Å². The van der Waals surface area contributed by atoms with Crippen LogP contribution in [0.25, 0.3) is 0 Å². The zero-order valence-electron chi connectivity index (χ0n) is 12.3. The lowest BCUT2D eigenvalue weighted by Gasteiger charge is -2.08. The third kappa shape index (κ3) is 2.77. The smallest absolute Gasteiger partial charge is 0.0638 e. The number of nitrogens with one attached hydrogen (secondary N) is 1. The van der Waals surface area contributed by atoms with E-state index >= 15 is 0 Å². The SMILES string of the molecule is Cc1nn(C2CCCC2)cc1CNCc1ccnn1C. The third-order valence-electron chi connectivity index (χ3n) is 4.26. The standard InChI is InChI=1S/C15H23N5/c1-12-13(9-16-10-15-7-8-17-19(15)2)11-20(18-12)14-5-3-4-6-14/h7-8,11,14,16H,3-6,9-10H2,1-2H3. The van der Waals surface area contributed by atoms with Crippen LogP contribution in [0.5, 0.6) is 0 Å². The van der Waals surface area contributed by atoms with Gasteiger partial charge >= 0.3 is 0 Å². The highest BCUT2D eigenvalue weighted by Gasteiger charge is 2.18. The minimum absolute atomic E-state index is 0.625. The molecule has 0 saturated heterocycles. The zero-order valence-corrected chi connectivity index (χ0v) is 12.3. The molecule has 108 valence electrons. The molecule has 0 amide bonds. The summed E-state index contributed by atoms with van der Waals surface area (Å²) in [5, 5.41) is 12.3. The van der Waals surface area contributed by atoms with E-state index in [-0.39, 0.29) is 0 Å². The lowest BCUT2D eigenvalue weighted by atomic mass is 10.2. The van der Waals surface area contributed by atoms with Crippen LogP contribution >= 0.6 is 0 Å². The average Bonchev–Trinajstić information content (AvgIpc) is 3.13. The Bertz CT molecular complexity index is 563. The second kappa shape index (κ2) is 5.79. The Morgan fingerprint density at radius 1 is 1.30 bits per heavy atom. The quantitative estimate of drug-likeness (QED) is 0.909. The van der Waals surface area contributed by atoms with E-state index in [0.29, 0.717) is 6.04 Å². The Hall–Kier alpha value is -1.62. The van der Waals surface area contributed by atoms with Crippen molar-refractivity contribution in [2.45, 2.75) is 51.7 Å². The number of nitrogens with zero attached hydrogens (tertiary/aromatic N) is 4. The van der Waals surface area contributed by atoms with Gasteiger partial charge in [-0.3, -0.25) is 9.36 Å². The van der Waals surface area contributed by atoms with Gasteiger partial charge in [0.2, 0.25) is 0 Å². The molecule has 0 bridgehead atoms. The summed E-state index contributed by atoms with van der Waals surface area (Å²) in [5.41, 5.74) is 3.65. The molecule has 1 aliphatic rings. The highest BCUT2D eigenvalue weighted by Crippen LogP contribution is 2.29. The van der Waals surface area contributed by atoms with Crippen LogP contribution in [-0.2, 0) is 20.1 Å². The number of aryl methyl sites for hydroxylation is 2. The summed E-state index contributed by atoms with van der Waals surface area (Å²) in [7, 11) is 1.97. The molecule has 2 aromatic rings. The molecule has 1 aliphatic carbocycles.